The molecule has 0 saturated heterocycles. The van der Waals surface area contributed by atoms with Crippen LogP contribution in [0.4, 0.5) is 0 Å². The van der Waals surface area contributed by atoms with Crippen LogP contribution in [0.2, 0.25) is 0 Å². The summed E-state index contributed by atoms with van der Waals surface area (Å²) in [5, 5.41) is 0.794. The van der Waals surface area contributed by atoms with E-state index in [2.05, 4.69) is 44.7 Å². The number of rotatable bonds is 4. The van der Waals surface area contributed by atoms with Gasteiger partial charge < -0.3 is 0 Å². The van der Waals surface area contributed by atoms with E-state index in [1.807, 2.05) is 0 Å². The summed E-state index contributed by atoms with van der Waals surface area (Å²) in [6.45, 7) is 6.79. The highest BCUT2D eigenvalue weighted by molar-refractivity contribution is 7.99. The fourth-order valence-electron chi connectivity index (χ4n) is 1.67. The van der Waals surface area contributed by atoms with Crippen molar-refractivity contribution in [2.45, 2.75) is 45.3 Å². The van der Waals surface area contributed by atoms with Crippen molar-refractivity contribution < 1.29 is 0 Å². The summed E-state index contributed by atoms with van der Waals surface area (Å²) in [4.78, 5) is 0. The van der Waals surface area contributed by atoms with Gasteiger partial charge in [-0.3, -0.25) is 0 Å². The maximum atomic E-state index is 2.33. The minimum atomic E-state index is 0.794. The molecule has 0 heterocycles. The number of hydrogen-bond donors (Lipinski definition) is 0. The predicted molar refractivity (Wildman–Crippen MR) is 63.3 cm³/mol. The molecule has 0 spiro atoms. The van der Waals surface area contributed by atoms with Crippen LogP contribution in [-0.4, -0.2) is 11.0 Å². The molecule has 0 radical (unpaired) electrons. The first-order chi connectivity index (χ1) is 6.22. The molecule has 1 atom stereocenters. The van der Waals surface area contributed by atoms with E-state index in [-0.39, 0.29) is 0 Å². The molecular weight excluding hydrogens is 176 g/mol. The van der Waals surface area contributed by atoms with E-state index >= 15 is 0 Å². The molecule has 0 fully saturated rings. The molecular formula is C12H20S. The quantitative estimate of drug-likeness (QED) is 0.650. The van der Waals surface area contributed by atoms with Gasteiger partial charge in [-0.15, -0.1) is 0 Å². The van der Waals surface area contributed by atoms with Gasteiger partial charge >= 0.3 is 0 Å². The van der Waals surface area contributed by atoms with Crippen LogP contribution in [0, 0.1) is 0 Å². The summed E-state index contributed by atoms with van der Waals surface area (Å²) in [6, 6.07) is 0. The van der Waals surface area contributed by atoms with Gasteiger partial charge in [-0.25, -0.2) is 0 Å². The van der Waals surface area contributed by atoms with E-state index in [1.54, 1.807) is 5.57 Å². The Kier molecular flexibility index (Phi) is 4.65. The Hall–Kier alpha value is -0.170. The Balaban J connectivity index is 2.37. The molecule has 0 nitrogen and oxygen atoms in total. The van der Waals surface area contributed by atoms with Crippen molar-refractivity contribution in [1.82, 2.24) is 0 Å². The smallest absolute Gasteiger partial charge is 0.00558 e. The Morgan fingerprint density at radius 3 is 2.69 bits per heavy atom. The van der Waals surface area contributed by atoms with Crippen LogP contribution >= 0.6 is 11.8 Å². The summed E-state index contributed by atoms with van der Waals surface area (Å²) in [6.07, 6.45) is 8.45. The third-order valence-electron chi connectivity index (χ3n) is 2.44. The molecule has 1 unspecified atom stereocenters. The number of thioether (sulfide) groups is 1. The molecule has 1 rings (SSSR count). The lowest BCUT2D eigenvalue weighted by molar-refractivity contribution is 0.811. The van der Waals surface area contributed by atoms with Gasteiger partial charge in [-0.2, -0.15) is 11.8 Å². The van der Waals surface area contributed by atoms with Crippen molar-refractivity contribution in [2.75, 3.05) is 5.75 Å². The first kappa shape index (κ1) is 10.9. The SMILES string of the molecule is CCSC(C)CC1=CC=C(C)CC1. The standard InChI is InChI=1S/C12H20S/c1-4-13-11(3)9-12-7-5-10(2)6-8-12/h5,7,11H,4,6,8-9H2,1-3H3. The summed E-state index contributed by atoms with van der Waals surface area (Å²) < 4.78 is 0. The van der Waals surface area contributed by atoms with Crippen LogP contribution in [0.25, 0.3) is 0 Å². The maximum absolute atomic E-state index is 2.33. The Morgan fingerprint density at radius 1 is 1.38 bits per heavy atom. The molecule has 0 aromatic carbocycles. The molecule has 0 aromatic heterocycles. The van der Waals surface area contributed by atoms with Crippen molar-refractivity contribution in [3.05, 3.63) is 23.3 Å². The van der Waals surface area contributed by atoms with Crippen LogP contribution in [-0.2, 0) is 0 Å². The Labute approximate surface area is 86.5 Å². The molecule has 1 aliphatic rings. The summed E-state index contributed by atoms with van der Waals surface area (Å²) in [7, 11) is 0. The average Bonchev–Trinajstić information content (AvgIpc) is 2.09. The first-order valence-corrected chi connectivity index (χ1v) is 6.24. The second kappa shape index (κ2) is 5.54. The minimum absolute atomic E-state index is 0.794. The number of hydrogen-bond acceptors (Lipinski definition) is 1. The van der Waals surface area contributed by atoms with Gasteiger partial charge in [0.25, 0.3) is 0 Å². The average molecular weight is 196 g/mol. The van der Waals surface area contributed by atoms with Gasteiger partial charge in [0.2, 0.25) is 0 Å². The van der Waals surface area contributed by atoms with E-state index in [0.29, 0.717) is 0 Å². The zero-order valence-electron chi connectivity index (χ0n) is 8.97. The molecule has 74 valence electrons. The Bertz CT molecular complexity index is 213. The normalized spacial score (nSPS) is 19.3. The van der Waals surface area contributed by atoms with Crippen molar-refractivity contribution in [3.8, 4) is 0 Å². The van der Waals surface area contributed by atoms with Crippen molar-refractivity contribution in [1.29, 1.82) is 0 Å². The van der Waals surface area contributed by atoms with Crippen LogP contribution in [0.1, 0.15) is 40.0 Å². The molecule has 0 aliphatic heterocycles. The van der Waals surface area contributed by atoms with Gasteiger partial charge in [-0.1, -0.05) is 37.1 Å². The van der Waals surface area contributed by atoms with Gasteiger partial charge in [0.1, 0.15) is 0 Å². The fourth-order valence-corrected chi connectivity index (χ4v) is 2.57. The molecule has 0 amide bonds. The molecule has 1 heteroatoms. The Morgan fingerprint density at radius 2 is 2.15 bits per heavy atom. The maximum Gasteiger partial charge on any atom is 0.00558 e. The van der Waals surface area contributed by atoms with E-state index < -0.39 is 0 Å². The summed E-state index contributed by atoms with van der Waals surface area (Å²) >= 11 is 2.06. The molecule has 0 bridgehead atoms. The monoisotopic (exact) mass is 196 g/mol. The zero-order valence-corrected chi connectivity index (χ0v) is 9.79. The molecule has 0 N–H and O–H groups in total. The lowest BCUT2D eigenvalue weighted by Gasteiger charge is -2.15. The zero-order chi connectivity index (χ0) is 9.68. The van der Waals surface area contributed by atoms with Crippen molar-refractivity contribution in [2.24, 2.45) is 0 Å². The van der Waals surface area contributed by atoms with Gasteiger partial charge in [0.05, 0.1) is 0 Å². The van der Waals surface area contributed by atoms with Gasteiger partial charge in [0.15, 0.2) is 0 Å². The largest absolute Gasteiger partial charge is 0.159 e. The van der Waals surface area contributed by atoms with Crippen LogP contribution in [0.15, 0.2) is 23.3 Å². The molecule has 0 aromatic rings. The lowest BCUT2D eigenvalue weighted by atomic mass is 9.96. The highest BCUT2D eigenvalue weighted by atomic mass is 32.2. The minimum Gasteiger partial charge on any atom is -0.159 e. The third-order valence-corrected chi connectivity index (χ3v) is 3.51. The molecule has 1 aliphatic carbocycles. The third kappa shape index (κ3) is 4.04. The van der Waals surface area contributed by atoms with E-state index in [9.17, 15) is 0 Å². The predicted octanol–water partition coefficient (Wildman–Crippen LogP) is 4.18. The lowest BCUT2D eigenvalue weighted by Crippen LogP contribution is -2.01. The van der Waals surface area contributed by atoms with Crippen molar-refractivity contribution >= 4 is 11.8 Å². The second-order valence-electron chi connectivity index (χ2n) is 3.81. The van der Waals surface area contributed by atoms with Crippen molar-refractivity contribution in [3.63, 3.8) is 0 Å². The molecule has 0 saturated carbocycles. The highest BCUT2D eigenvalue weighted by Crippen LogP contribution is 2.25. The first-order valence-electron chi connectivity index (χ1n) is 5.19. The van der Waals surface area contributed by atoms with Crippen LogP contribution < -0.4 is 0 Å². The summed E-state index contributed by atoms with van der Waals surface area (Å²) in [5.74, 6) is 1.24. The summed E-state index contributed by atoms with van der Waals surface area (Å²) in [5.41, 5.74) is 3.17. The van der Waals surface area contributed by atoms with E-state index in [0.717, 1.165) is 5.25 Å². The van der Waals surface area contributed by atoms with Gasteiger partial charge in [-0.05, 0) is 31.9 Å². The van der Waals surface area contributed by atoms with E-state index in [4.69, 9.17) is 0 Å². The van der Waals surface area contributed by atoms with E-state index in [1.165, 1.54) is 30.6 Å². The molecule has 13 heavy (non-hydrogen) atoms. The number of allylic oxidation sites excluding steroid dienone is 4. The van der Waals surface area contributed by atoms with Crippen LogP contribution in [0.3, 0.4) is 0 Å². The second-order valence-corrected chi connectivity index (χ2v) is 5.52. The fraction of sp³-hybridized carbons (Fsp3) is 0.667. The van der Waals surface area contributed by atoms with Crippen LogP contribution in [0.5, 0.6) is 0 Å². The highest BCUT2D eigenvalue weighted by Gasteiger charge is 2.07. The van der Waals surface area contributed by atoms with Gasteiger partial charge in [0, 0.05) is 5.25 Å². The topological polar surface area (TPSA) is 0 Å².